The molecule has 0 spiro atoms. The highest BCUT2D eigenvalue weighted by Crippen LogP contribution is 2.32. The van der Waals surface area contributed by atoms with Gasteiger partial charge in [0.15, 0.2) is 0 Å². The average molecular weight is 200 g/mol. The Kier molecular flexibility index (Phi) is 2.91. The number of nitrogens with zero attached hydrogens (tertiary/aromatic N) is 1. The SMILES string of the molecule is CC(=O)OC1CC[N+](C)(C)C(C)(C)C1. The summed E-state index contributed by atoms with van der Waals surface area (Å²) in [5, 5.41) is 0. The molecule has 14 heavy (non-hydrogen) atoms. The predicted molar refractivity (Wildman–Crippen MR) is 55.8 cm³/mol. The summed E-state index contributed by atoms with van der Waals surface area (Å²) in [6.07, 6.45) is 2.06. The monoisotopic (exact) mass is 200 g/mol. The van der Waals surface area contributed by atoms with E-state index < -0.39 is 0 Å². The molecule has 1 rings (SSSR count). The zero-order valence-corrected chi connectivity index (χ0v) is 9.96. The van der Waals surface area contributed by atoms with Gasteiger partial charge in [-0.1, -0.05) is 0 Å². The zero-order chi connectivity index (χ0) is 11.0. The number of carbonyl (C=O) groups is 1. The maximum atomic E-state index is 10.9. The van der Waals surface area contributed by atoms with Crippen LogP contribution in [-0.4, -0.2) is 42.7 Å². The summed E-state index contributed by atoms with van der Waals surface area (Å²) in [7, 11) is 4.48. The van der Waals surface area contributed by atoms with E-state index in [0.29, 0.717) is 0 Å². The normalized spacial score (nSPS) is 29.6. The number of carbonyl (C=O) groups excluding carboxylic acids is 1. The molecular formula is C11H22NO2+. The Bertz CT molecular complexity index is 233. The van der Waals surface area contributed by atoms with Gasteiger partial charge in [-0.3, -0.25) is 4.79 Å². The lowest BCUT2D eigenvalue weighted by Crippen LogP contribution is -2.61. The standard InChI is InChI=1S/C11H22NO2/c1-9(13)14-10-6-7-12(4,5)11(2,3)8-10/h10H,6-8H2,1-5H3/q+1. The fraction of sp³-hybridized carbons (Fsp3) is 0.909. The van der Waals surface area contributed by atoms with E-state index >= 15 is 0 Å². The summed E-state index contributed by atoms with van der Waals surface area (Å²) < 4.78 is 6.28. The number of piperidine rings is 1. The van der Waals surface area contributed by atoms with E-state index in [9.17, 15) is 4.79 Å². The third-order valence-electron chi connectivity index (χ3n) is 3.71. The molecule has 0 bridgehead atoms. The second-order valence-corrected chi connectivity index (χ2v) is 5.45. The van der Waals surface area contributed by atoms with Crippen LogP contribution in [0.25, 0.3) is 0 Å². The van der Waals surface area contributed by atoms with Crippen molar-refractivity contribution in [3.8, 4) is 0 Å². The summed E-state index contributed by atoms with van der Waals surface area (Å²) >= 11 is 0. The average Bonchev–Trinajstić information content (AvgIpc) is 1.96. The van der Waals surface area contributed by atoms with Crippen molar-refractivity contribution in [3.63, 3.8) is 0 Å². The fourth-order valence-electron chi connectivity index (χ4n) is 2.01. The first-order valence-corrected chi connectivity index (χ1v) is 5.25. The lowest BCUT2D eigenvalue weighted by Gasteiger charge is -2.49. The highest BCUT2D eigenvalue weighted by atomic mass is 16.5. The zero-order valence-electron chi connectivity index (χ0n) is 9.96. The molecule has 1 atom stereocenters. The van der Waals surface area contributed by atoms with Crippen molar-refractivity contribution in [3.05, 3.63) is 0 Å². The summed E-state index contributed by atoms with van der Waals surface area (Å²) in [4.78, 5) is 10.9. The van der Waals surface area contributed by atoms with E-state index in [1.165, 1.54) is 6.92 Å². The smallest absolute Gasteiger partial charge is 0.302 e. The van der Waals surface area contributed by atoms with Gasteiger partial charge in [-0.25, -0.2) is 0 Å². The number of hydrogen-bond acceptors (Lipinski definition) is 2. The first-order chi connectivity index (χ1) is 6.24. The molecule has 1 unspecified atom stereocenters. The van der Waals surface area contributed by atoms with Gasteiger partial charge >= 0.3 is 5.97 Å². The maximum Gasteiger partial charge on any atom is 0.302 e. The van der Waals surface area contributed by atoms with Crippen LogP contribution in [0.1, 0.15) is 33.6 Å². The Balaban J connectivity index is 2.63. The summed E-state index contributed by atoms with van der Waals surface area (Å²) in [5.41, 5.74) is 0.193. The number of esters is 1. The molecule has 3 heteroatoms. The van der Waals surface area contributed by atoms with Crippen molar-refractivity contribution in [1.29, 1.82) is 0 Å². The molecule has 0 radical (unpaired) electrons. The highest BCUT2D eigenvalue weighted by molar-refractivity contribution is 5.66. The summed E-state index contributed by atoms with van der Waals surface area (Å²) in [6, 6.07) is 0. The lowest BCUT2D eigenvalue weighted by molar-refractivity contribution is -0.944. The van der Waals surface area contributed by atoms with Crippen LogP contribution in [0.5, 0.6) is 0 Å². The molecule has 82 valence electrons. The maximum absolute atomic E-state index is 10.9. The summed E-state index contributed by atoms with van der Waals surface area (Å²) in [6.45, 7) is 7.04. The number of rotatable bonds is 1. The van der Waals surface area contributed by atoms with Gasteiger partial charge in [-0.05, 0) is 13.8 Å². The minimum atomic E-state index is -0.155. The van der Waals surface area contributed by atoms with Crippen LogP contribution >= 0.6 is 0 Å². The van der Waals surface area contributed by atoms with Crippen molar-refractivity contribution >= 4 is 5.97 Å². The van der Waals surface area contributed by atoms with Gasteiger partial charge in [-0.2, -0.15) is 0 Å². The first-order valence-electron chi connectivity index (χ1n) is 5.25. The van der Waals surface area contributed by atoms with Gasteiger partial charge in [0.2, 0.25) is 0 Å². The van der Waals surface area contributed by atoms with Crippen molar-refractivity contribution in [2.75, 3.05) is 20.6 Å². The van der Waals surface area contributed by atoms with Crippen molar-refractivity contribution in [1.82, 2.24) is 0 Å². The van der Waals surface area contributed by atoms with Crippen LogP contribution in [-0.2, 0) is 9.53 Å². The van der Waals surface area contributed by atoms with Crippen LogP contribution in [0.3, 0.4) is 0 Å². The highest BCUT2D eigenvalue weighted by Gasteiger charge is 2.43. The van der Waals surface area contributed by atoms with E-state index in [4.69, 9.17) is 4.74 Å². The van der Waals surface area contributed by atoms with Gasteiger partial charge in [0.05, 0.1) is 26.2 Å². The minimum absolute atomic E-state index is 0.119. The molecule has 1 fully saturated rings. The van der Waals surface area contributed by atoms with Crippen LogP contribution in [0.2, 0.25) is 0 Å². The molecule has 1 saturated heterocycles. The molecule has 0 amide bonds. The largest absolute Gasteiger partial charge is 0.462 e. The quantitative estimate of drug-likeness (QED) is 0.474. The Morgan fingerprint density at radius 3 is 2.43 bits per heavy atom. The van der Waals surface area contributed by atoms with Crippen LogP contribution in [0.15, 0.2) is 0 Å². The number of ether oxygens (including phenoxy) is 1. The molecule has 1 heterocycles. The van der Waals surface area contributed by atoms with E-state index in [2.05, 4.69) is 27.9 Å². The molecule has 1 aliphatic rings. The van der Waals surface area contributed by atoms with E-state index in [0.717, 1.165) is 23.9 Å². The molecule has 3 nitrogen and oxygen atoms in total. The first kappa shape index (κ1) is 11.5. The van der Waals surface area contributed by atoms with Gasteiger partial charge < -0.3 is 9.22 Å². The molecule has 0 N–H and O–H groups in total. The van der Waals surface area contributed by atoms with E-state index in [1.54, 1.807) is 0 Å². The Morgan fingerprint density at radius 1 is 1.43 bits per heavy atom. The molecule has 1 aliphatic heterocycles. The number of hydrogen-bond donors (Lipinski definition) is 0. The minimum Gasteiger partial charge on any atom is -0.462 e. The number of likely N-dealkylation sites (tertiary alicyclic amines) is 1. The van der Waals surface area contributed by atoms with Crippen molar-refractivity contribution < 1.29 is 14.0 Å². The Labute approximate surface area is 86.6 Å². The molecule has 0 aliphatic carbocycles. The van der Waals surface area contributed by atoms with Gasteiger partial charge in [-0.15, -0.1) is 0 Å². The van der Waals surface area contributed by atoms with Gasteiger partial charge in [0.1, 0.15) is 6.10 Å². The third kappa shape index (κ3) is 2.27. The molecule has 0 saturated carbocycles. The Hall–Kier alpha value is -0.570. The van der Waals surface area contributed by atoms with Crippen molar-refractivity contribution in [2.45, 2.75) is 45.3 Å². The van der Waals surface area contributed by atoms with E-state index in [-0.39, 0.29) is 17.6 Å². The Morgan fingerprint density at radius 2 is 2.00 bits per heavy atom. The van der Waals surface area contributed by atoms with Crippen molar-refractivity contribution in [2.24, 2.45) is 0 Å². The van der Waals surface area contributed by atoms with Crippen LogP contribution in [0, 0.1) is 0 Å². The molecule has 0 aromatic rings. The van der Waals surface area contributed by atoms with Gasteiger partial charge in [0.25, 0.3) is 0 Å². The second-order valence-electron chi connectivity index (χ2n) is 5.45. The van der Waals surface area contributed by atoms with Crippen LogP contribution in [0.4, 0.5) is 0 Å². The third-order valence-corrected chi connectivity index (χ3v) is 3.71. The molecular weight excluding hydrogens is 178 g/mol. The molecule has 0 aromatic heterocycles. The predicted octanol–water partition coefficient (Wildman–Crippen LogP) is 1.57. The van der Waals surface area contributed by atoms with E-state index in [1.807, 2.05) is 0 Å². The molecule has 0 aromatic carbocycles. The topological polar surface area (TPSA) is 26.3 Å². The fourth-order valence-corrected chi connectivity index (χ4v) is 2.01. The lowest BCUT2D eigenvalue weighted by atomic mass is 9.86. The second kappa shape index (κ2) is 3.54. The van der Waals surface area contributed by atoms with Crippen LogP contribution < -0.4 is 0 Å². The van der Waals surface area contributed by atoms with Gasteiger partial charge in [0, 0.05) is 19.8 Å². The summed E-state index contributed by atoms with van der Waals surface area (Å²) in [5.74, 6) is -0.155. The number of quaternary nitrogens is 1.